The Balaban J connectivity index is 2.34. The maximum Gasteiger partial charge on any atom is 0.335 e. The number of carbonyl (C=O) groups is 1. The molecule has 0 N–H and O–H groups in total. The van der Waals surface area contributed by atoms with Gasteiger partial charge in [0.1, 0.15) is 12.4 Å². The first-order valence-corrected chi connectivity index (χ1v) is 7.09. The number of likely N-dealkylation sites (N-methyl/N-ethyl adjacent to an activating group) is 1. The summed E-state index contributed by atoms with van der Waals surface area (Å²) in [5.74, 6) is 0.765. The van der Waals surface area contributed by atoms with E-state index in [1.54, 1.807) is 0 Å². The Labute approximate surface area is 94.1 Å². The minimum atomic E-state index is -0.184. The molecule has 15 heavy (non-hydrogen) atoms. The standard InChI is InChI=1S/C11H18NO2S/c1-12-6-4-5-10(9-12)11(13)14-7-8-15(2)3/h4-6H,7-9H2,1-3H3/q+1. The highest BCUT2D eigenvalue weighted by atomic mass is 32.2. The molecule has 0 radical (unpaired) electrons. The third-order valence-electron chi connectivity index (χ3n) is 2.04. The maximum atomic E-state index is 11.6. The van der Waals surface area contributed by atoms with Crippen LogP contribution in [0.1, 0.15) is 0 Å². The van der Waals surface area contributed by atoms with Crippen LogP contribution in [0.5, 0.6) is 0 Å². The van der Waals surface area contributed by atoms with Gasteiger partial charge in [-0.2, -0.15) is 0 Å². The van der Waals surface area contributed by atoms with Crippen LogP contribution >= 0.6 is 0 Å². The van der Waals surface area contributed by atoms with Gasteiger partial charge in [0.15, 0.2) is 0 Å². The Bertz CT molecular complexity index is 284. The number of hydrogen-bond donors (Lipinski definition) is 0. The minimum absolute atomic E-state index is 0.184. The Morgan fingerprint density at radius 1 is 1.60 bits per heavy atom. The molecule has 0 bridgehead atoms. The number of rotatable bonds is 4. The van der Waals surface area contributed by atoms with Crippen molar-refractivity contribution in [1.82, 2.24) is 4.90 Å². The fraction of sp³-hybridized carbons (Fsp3) is 0.545. The molecule has 0 atom stereocenters. The maximum absolute atomic E-state index is 11.6. The molecular weight excluding hydrogens is 210 g/mol. The van der Waals surface area contributed by atoms with E-state index >= 15 is 0 Å². The molecule has 0 unspecified atom stereocenters. The zero-order valence-corrected chi connectivity index (χ0v) is 10.3. The van der Waals surface area contributed by atoms with Gasteiger partial charge in [0.05, 0.1) is 18.1 Å². The molecule has 0 saturated carbocycles. The van der Waals surface area contributed by atoms with E-state index in [4.69, 9.17) is 4.74 Å². The molecule has 0 aromatic carbocycles. The molecule has 0 fully saturated rings. The first kappa shape index (κ1) is 12.2. The van der Waals surface area contributed by atoms with Crippen molar-refractivity contribution in [3.63, 3.8) is 0 Å². The van der Waals surface area contributed by atoms with Gasteiger partial charge in [0.2, 0.25) is 0 Å². The fourth-order valence-electron chi connectivity index (χ4n) is 1.21. The van der Waals surface area contributed by atoms with Crippen molar-refractivity contribution in [2.45, 2.75) is 0 Å². The third-order valence-corrected chi connectivity index (χ3v) is 3.03. The number of esters is 1. The van der Waals surface area contributed by atoms with Crippen LogP contribution in [-0.4, -0.2) is 49.3 Å². The van der Waals surface area contributed by atoms with Gasteiger partial charge in [0.25, 0.3) is 0 Å². The summed E-state index contributed by atoms with van der Waals surface area (Å²) < 4.78 is 5.18. The van der Waals surface area contributed by atoms with Gasteiger partial charge < -0.3 is 9.64 Å². The van der Waals surface area contributed by atoms with Crippen molar-refractivity contribution < 1.29 is 9.53 Å². The predicted molar refractivity (Wildman–Crippen MR) is 64.9 cm³/mol. The highest BCUT2D eigenvalue weighted by Gasteiger charge is 2.14. The zero-order valence-electron chi connectivity index (χ0n) is 9.53. The summed E-state index contributed by atoms with van der Waals surface area (Å²) in [6, 6.07) is 0. The Hall–Kier alpha value is -0.900. The average molecular weight is 228 g/mol. The second-order valence-corrected chi connectivity index (χ2v) is 6.15. The normalized spacial score (nSPS) is 15.5. The smallest absolute Gasteiger partial charge is 0.335 e. The highest BCUT2D eigenvalue weighted by Crippen LogP contribution is 2.07. The highest BCUT2D eigenvalue weighted by molar-refractivity contribution is 7.95. The first-order chi connectivity index (χ1) is 7.09. The molecule has 3 nitrogen and oxygen atoms in total. The molecule has 0 saturated heterocycles. The number of nitrogens with zero attached hydrogens (tertiary/aromatic N) is 1. The molecule has 84 valence electrons. The van der Waals surface area contributed by atoms with E-state index in [1.165, 1.54) is 0 Å². The lowest BCUT2D eigenvalue weighted by atomic mass is 10.2. The molecule has 1 heterocycles. The summed E-state index contributed by atoms with van der Waals surface area (Å²) in [6.07, 6.45) is 9.91. The van der Waals surface area contributed by atoms with Crippen LogP contribution in [0, 0.1) is 0 Å². The Morgan fingerprint density at radius 3 is 2.93 bits per heavy atom. The molecule has 0 aromatic rings. The van der Waals surface area contributed by atoms with Crippen LogP contribution in [0.3, 0.4) is 0 Å². The lowest BCUT2D eigenvalue weighted by Gasteiger charge is -2.18. The number of carbonyl (C=O) groups excluding carboxylic acids is 1. The summed E-state index contributed by atoms with van der Waals surface area (Å²) in [5, 5.41) is 0. The summed E-state index contributed by atoms with van der Waals surface area (Å²) in [4.78, 5) is 13.5. The largest absolute Gasteiger partial charge is 0.457 e. The average Bonchev–Trinajstić information content (AvgIpc) is 2.17. The Kier molecular flexibility index (Phi) is 4.75. The minimum Gasteiger partial charge on any atom is -0.457 e. The molecule has 1 rings (SSSR count). The van der Waals surface area contributed by atoms with Crippen molar-refractivity contribution in [2.24, 2.45) is 0 Å². The lowest BCUT2D eigenvalue weighted by Crippen LogP contribution is -2.24. The summed E-state index contributed by atoms with van der Waals surface area (Å²) in [5.41, 5.74) is 0.729. The van der Waals surface area contributed by atoms with Crippen LogP contribution in [0.4, 0.5) is 0 Å². The van der Waals surface area contributed by atoms with E-state index in [9.17, 15) is 4.79 Å². The van der Waals surface area contributed by atoms with E-state index < -0.39 is 0 Å². The van der Waals surface area contributed by atoms with Crippen LogP contribution in [0.25, 0.3) is 0 Å². The van der Waals surface area contributed by atoms with E-state index in [0.717, 1.165) is 11.3 Å². The lowest BCUT2D eigenvalue weighted by molar-refractivity contribution is -0.138. The van der Waals surface area contributed by atoms with Gasteiger partial charge in [0, 0.05) is 13.6 Å². The quantitative estimate of drug-likeness (QED) is 0.526. The molecule has 1 aliphatic rings. The first-order valence-electron chi connectivity index (χ1n) is 4.88. The van der Waals surface area contributed by atoms with Gasteiger partial charge in [-0.15, -0.1) is 0 Å². The summed E-state index contributed by atoms with van der Waals surface area (Å²) in [6.45, 7) is 1.17. The summed E-state index contributed by atoms with van der Waals surface area (Å²) >= 11 is 0. The van der Waals surface area contributed by atoms with E-state index in [-0.39, 0.29) is 5.97 Å². The molecular formula is C11H18NO2S+. The van der Waals surface area contributed by atoms with E-state index in [0.29, 0.717) is 24.0 Å². The second kappa shape index (κ2) is 5.85. The number of hydrogen-bond acceptors (Lipinski definition) is 3. The van der Waals surface area contributed by atoms with Gasteiger partial charge in [-0.25, -0.2) is 4.79 Å². The second-order valence-electron chi connectivity index (χ2n) is 3.77. The molecule has 0 aromatic heterocycles. The van der Waals surface area contributed by atoms with Gasteiger partial charge >= 0.3 is 5.97 Å². The monoisotopic (exact) mass is 228 g/mol. The topological polar surface area (TPSA) is 29.5 Å². The van der Waals surface area contributed by atoms with Gasteiger partial charge in [-0.05, 0) is 29.2 Å². The molecule has 0 spiro atoms. The van der Waals surface area contributed by atoms with Crippen LogP contribution in [0.15, 0.2) is 23.9 Å². The van der Waals surface area contributed by atoms with Crippen LogP contribution in [0.2, 0.25) is 0 Å². The number of allylic oxidation sites excluding steroid dienone is 2. The molecule has 0 amide bonds. The van der Waals surface area contributed by atoms with Crippen molar-refractivity contribution in [1.29, 1.82) is 0 Å². The number of ether oxygens (including phenoxy) is 1. The fourth-order valence-corrected chi connectivity index (χ4v) is 1.62. The molecule has 0 aliphatic carbocycles. The summed E-state index contributed by atoms with van der Waals surface area (Å²) in [7, 11) is 2.27. The van der Waals surface area contributed by atoms with Crippen molar-refractivity contribution in [3.05, 3.63) is 23.9 Å². The van der Waals surface area contributed by atoms with Crippen molar-refractivity contribution in [2.75, 3.05) is 38.5 Å². The Morgan fingerprint density at radius 2 is 2.33 bits per heavy atom. The van der Waals surface area contributed by atoms with Crippen molar-refractivity contribution >= 4 is 16.9 Å². The van der Waals surface area contributed by atoms with E-state index in [2.05, 4.69) is 12.5 Å². The SMILES string of the molecule is CN1C=CC=C(C(=O)OCC[S+](C)C)C1. The molecule has 1 aliphatic heterocycles. The predicted octanol–water partition coefficient (Wildman–Crippen LogP) is 0.793. The third kappa shape index (κ3) is 4.42. The van der Waals surface area contributed by atoms with Crippen molar-refractivity contribution in [3.8, 4) is 0 Å². The van der Waals surface area contributed by atoms with Crippen LogP contribution in [-0.2, 0) is 20.4 Å². The van der Waals surface area contributed by atoms with Crippen LogP contribution < -0.4 is 0 Å². The zero-order chi connectivity index (χ0) is 11.3. The van der Waals surface area contributed by atoms with Gasteiger partial charge in [-0.3, -0.25) is 0 Å². The van der Waals surface area contributed by atoms with E-state index in [1.807, 2.05) is 30.3 Å². The van der Waals surface area contributed by atoms with Gasteiger partial charge in [-0.1, -0.05) is 0 Å². The molecule has 4 heteroatoms.